The largest absolute Gasteiger partial charge is 0.368 e. The molecule has 1 aliphatic rings. The van der Waals surface area contributed by atoms with Crippen molar-refractivity contribution in [1.29, 1.82) is 0 Å². The standard InChI is InChI=1S/C19H20F3N5O/c1-11-2-4-12(5-3-11)19(21,22)9-28-16-7-13(6-15(16)20)26-17-14-8-25-27-18(14)24-10-23-17/h2-5,8,10,13,15-16H,6-7,9H2,1H3,(H2,23,24,25,26,27). The number of nitrogens with zero attached hydrogens (tertiary/aromatic N) is 3. The molecular weight excluding hydrogens is 371 g/mol. The highest BCUT2D eigenvalue weighted by Gasteiger charge is 2.39. The van der Waals surface area contributed by atoms with Crippen molar-refractivity contribution in [2.24, 2.45) is 0 Å². The number of hydrogen-bond acceptors (Lipinski definition) is 5. The van der Waals surface area contributed by atoms with E-state index in [2.05, 4.69) is 25.5 Å². The molecule has 3 aromatic rings. The first-order valence-corrected chi connectivity index (χ1v) is 9.03. The summed E-state index contributed by atoms with van der Waals surface area (Å²) in [6.45, 7) is 0.972. The Kier molecular flexibility index (Phi) is 4.92. The monoisotopic (exact) mass is 391 g/mol. The fourth-order valence-corrected chi connectivity index (χ4v) is 3.40. The van der Waals surface area contributed by atoms with Crippen LogP contribution in [0.3, 0.4) is 0 Å². The molecule has 0 bridgehead atoms. The molecule has 0 radical (unpaired) electrons. The molecule has 1 aromatic carbocycles. The highest BCUT2D eigenvalue weighted by molar-refractivity contribution is 5.85. The number of aromatic amines is 1. The third-order valence-electron chi connectivity index (χ3n) is 4.97. The Morgan fingerprint density at radius 3 is 2.79 bits per heavy atom. The quantitative estimate of drug-likeness (QED) is 0.669. The van der Waals surface area contributed by atoms with Gasteiger partial charge in [0.05, 0.1) is 17.7 Å². The van der Waals surface area contributed by atoms with E-state index in [-0.39, 0.29) is 24.4 Å². The second-order valence-corrected chi connectivity index (χ2v) is 7.10. The molecule has 1 aliphatic carbocycles. The van der Waals surface area contributed by atoms with Crippen LogP contribution in [0.2, 0.25) is 0 Å². The van der Waals surface area contributed by atoms with Gasteiger partial charge in [0.1, 0.15) is 24.9 Å². The maximum atomic E-state index is 14.4. The predicted molar refractivity (Wildman–Crippen MR) is 98.0 cm³/mol. The molecule has 2 N–H and O–H groups in total. The van der Waals surface area contributed by atoms with Crippen LogP contribution in [0.5, 0.6) is 0 Å². The number of halogens is 3. The Morgan fingerprint density at radius 2 is 2.00 bits per heavy atom. The normalized spacial score (nSPS) is 22.6. The minimum atomic E-state index is -3.17. The summed E-state index contributed by atoms with van der Waals surface area (Å²) in [4.78, 5) is 8.20. The fourth-order valence-electron chi connectivity index (χ4n) is 3.40. The Hall–Kier alpha value is -2.68. The van der Waals surface area contributed by atoms with Crippen LogP contribution >= 0.6 is 0 Å². The Balaban J connectivity index is 1.37. The lowest BCUT2D eigenvalue weighted by Crippen LogP contribution is -2.28. The molecular formula is C19H20F3N5O. The van der Waals surface area contributed by atoms with E-state index in [4.69, 9.17) is 4.74 Å². The average molecular weight is 391 g/mol. The van der Waals surface area contributed by atoms with Gasteiger partial charge in [-0.3, -0.25) is 5.10 Å². The van der Waals surface area contributed by atoms with Gasteiger partial charge >= 0.3 is 0 Å². The van der Waals surface area contributed by atoms with E-state index in [0.717, 1.165) is 5.56 Å². The number of alkyl halides is 3. The molecule has 2 aromatic heterocycles. The number of anilines is 1. The highest BCUT2D eigenvalue weighted by Crippen LogP contribution is 2.33. The Labute approximate surface area is 159 Å². The minimum Gasteiger partial charge on any atom is -0.368 e. The maximum Gasteiger partial charge on any atom is 0.296 e. The lowest BCUT2D eigenvalue weighted by atomic mass is 10.1. The summed E-state index contributed by atoms with van der Waals surface area (Å²) in [5, 5.41) is 10.5. The van der Waals surface area contributed by atoms with Crippen LogP contribution in [0.4, 0.5) is 19.0 Å². The number of benzene rings is 1. The number of rotatable bonds is 6. The zero-order valence-electron chi connectivity index (χ0n) is 15.2. The summed E-state index contributed by atoms with van der Waals surface area (Å²) in [7, 11) is 0. The average Bonchev–Trinajstić information content (AvgIpc) is 3.27. The molecule has 2 heterocycles. The van der Waals surface area contributed by atoms with Crippen molar-refractivity contribution in [3.05, 3.63) is 47.9 Å². The molecule has 4 rings (SSSR count). The Morgan fingerprint density at radius 1 is 1.21 bits per heavy atom. The number of hydrogen-bond donors (Lipinski definition) is 2. The van der Waals surface area contributed by atoms with Gasteiger partial charge in [0, 0.05) is 18.0 Å². The van der Waals surface area contributed by atoms with E-state index in [1.54, 1.807) is 18.3 Å². The summed E-state index contributed by atoms with van der Waals surface area (Å²) in [6, 6.07) is 5.71. The number of H-pyrrole nitrogens is 1. The van der Waals surface area contributed by atoms with E-state index in [1.165, 1.54) is 18.5 Å². The molecule has 0 aliphatic heterocycles. The highest BCUT2D eigenvalue weighted by atomic mass is 19.3. The molecule has 3 atom stereocenters. The van der Waals surface area contributed by atoms with Crippen LogP contribution in [0.25, 0.3) is 11.0 Å². The molecule has 0 saturated heterocycles. The molecule has 1 saturated carbocycles. The number of nitrogens with one attached hydrogen (secondary N) is 2. The van der Waals surface area contributed by atoms with E-state index in [0.29, 0.717) is 16.9 Å². The van der Waals surface area contributed by atoms with Gasteiger partial charge in [0.2, 0.25) is 0 Å². The van der Waals surface area contributed by atoms with Gasteiger partial charge in [-0.2, -0.15) is 13.9 Å². The zero-order chi connectivity index (χ0) is 19.7. The summed E-state index contributed by atoms with van der Waals surface area (Å²) >= 11 is 0. The molecule has 1 fully saturated rings. The van der Waals surface area contributed by atoms with Crippen molar-refractivity contribution >= 4 is 16.9 Å². The predicted octanol–water partition coefficient (Wildman–Crippen LogP) is 3.75. The molecule has 28 heavy (non-hydrogen) atoms. The Bertz CT molecular complexity index is 946. The summed E-state index contributed by atoms with van der Waals surface area (Å²) in [6.07, 6.45) is 1.17. The van der Waals surface area contributed by atoms with Crippen molar-refractivity contribution in [3.63, 3.8) is 0 Å². The first-order chi connectivity index (χ1) is 13.4. The third kappa shape index (κ3) is 3.80. The maximum absolute atomic E-state index is 14.4. The van der Waals surface area contributed by atoms with E-state index >= 15 is 0 Å². The number of aromatic nitrogens is 4. The van der Waals surface area contributed by atoms with Gasteiger partial charge < -0.3 is 10.1 Å². The SMILES string of the molecule is Cc1ccc(C(F)(F)COC2CC(Nc3ncnc4[nH]ncc34)CC2F)cc1. The van der Waals surface area contributed by atoms with Crippen LogP contribution in [0, 0.1) is 6.92 Å². The number of ether oxygens (including phenoxy) is 1. The van der Waals surface area contributed by atoms with E-state index in [1.807, 2.05) is 6.92 Å². The van der Waals surface area contributed by atoms with Gasteiger partial charge in [-0.25, -0.2) is 14.4 Å². The van der Waals surface area contributed by atoms with Crippen molar-refractivity contribution in [2.45, 2.75) is 44.0 Å². The summed E-state index contributed by atoms with van der Waals surface area (Å²) < 4.78 is 48.4. The van der Waals surface area contributed by atoms with Crippen LogP contribution in [0.15, 0.2) is 36.8 Å². The number of fused-ring (bicyclic) bond motifs is 1. The van der Waals surface area contributed by atoms with Crippen LogP contribution in [-0.2, 0) is 10.7 Å². The first kappa shape index (κ1) is 18.7. The lowest BCUT2D eigenvalue weighted by molar-refractivity contribution is -0.114. The van der Waals surface area contributed by atoms with Crippen molar-refractivity contribution in [2.75, 3.05) is 11.9 Å². The summed E-state index contributed by atoms with van der Waals surface area (Å²) in [5.74, 6) is -2.64. The topological polar surface area (TPSA) is 75.7 Å². The van der Waals surface area contributed by atoms with E-state index < -0.39 is 24.8 Å². The van der Waals surface area contributed by atoms with Crippen LogP contribution in [0.1, 0.15) is 24.0 Å². The molecule has 3 unspecified atom stereocenters. The fraction of sp³-hybridized carbons (Fsp3) is 0.421. The van der Waals surface area contributed by atoms with Gasteiger partial charge in [0.15, 0.2) is 5.65 Å². The number of aryl methyl sites for hydroxylation is 1. The molecule has 148 valence electrons. The second kappa shape index (κ2) is 7.38. The van der Waals surface area contributed by atoms with Gasteiger partial charge in [-0.1, -0.05) is 29.8 Å². The van der Waals surface area contributed by atoms with Gasteiger partial charge in [0.25, 0.3) is 5.92 Å². The minimum absolute atomic E-state index is 0.135. The second-order valence-electron chi connectivity index (χ2n) is 7.10. The van der Waals surface area contributed by atoms with Crippen molar-refractivity contribution < 1.29 is 17.9 Å². The third-order valence-corrected chi connectivity index (χ3v) is 4.97. The molecule has 6 nitrogen and oxygen atoms in total. The summed E-state index contributed by atoms with van der Waals surface area (Å²) in [5.41, 5.74) is 1.33. The molecule has 0 spiro atoms. The van der Waals surface area contributed by atoms with Crippen LogP contribution in [-0.4, -0.2) is 45.1 Å². The van der Waals surface area contributed by atoms with Gasteiger partial charge in [-0.05, 0) is 13.3 Å². The molecule has 9 heteroatoms. The van der Waals surface area contributed by atoms with Crippen molar-refractivity contribution in [3.8, 4) is 0 Å². The smallest absolute Gasteiger partial charge is 0.296 e. The van der Waals surface area contributed by atoms with E-state index in [9.17, 15) is 13.2 Å². The lowest BCUT2D eigenvalue weighted by Gasteiger charge is -2.21. The van der Waals surface area contributed by atoms with Crippen molar-refractivity contribution in [1.82, 2.24) is 20.2 Å². The van der Waals surface area contributed by atoms with Gasteiger partial charge in [-0.15, -0.1) is 0 Å². The first-order valence-electron chi connectivity index (χ1n) is 9.03. The molecule has 0 amide bonds. The van der Waals surface area contributed by atoms with Crippen LogP contribution < -0.4 is 5.32 Å². The zero-order valence-corrected chi connectivity index (χ0v) is 15.2.